The Morgan fingerprint density at radius 1 is 1.41 bits per heavy atom. The fourth-order valence-corrected chi connectivity index (χ4v) is 3.23. The number of amides is 1. The molecule has 7 heteroatoms. The Hall–Kier alpha value is -1.47. The Bertz CT molecular complexity index is 499. The molecule has 2 heterocycles. The first-order valence-corrected chi connectivity index (χ1v) is 8.08. The van der Waals surface area contributed by atoms with Crippen molar-refractivity contribution in [1.29, 1.82) is 0 Å². The van der Waals surface area contributed by atoms with Crippen LogP contribution in [0.25, 0.3) is 0 Å². The molecule has 1 saturated heterocycles. The number of aryl methyl sites for hydroxylation is 1. The number of nitrogens with zero attached hydrogens (tertiary/aromatic N) is 4. The van der Waals surface area contributed by atoms with Crippen molar-refractivity contribution in [3.8, 4) is 0 Å². The number of carbonyl (C=O) groups is 1. The van der Waals surface area contributed by atoms with Gasteiger partial charge in [0.1, 0.15) is 19.0 Å². The van der Waals surface area contributed by atoms with Crippen LogP contribution in [0.15, 0.2) is 6.33 Å². The normalized spacial score (nSPS) is 23.7. The summed E-state index contributed by atoms with van der Waals surface area (Å²) in [6, 6.07) is -0.177. The van der Waals surface area contributed by atoms with Gasteiger partial charge in [-0.1, -0.05) is 19.3 Å². The summed E-state index contributed by atoms with van der Waals surface area (Å²) in [6.07, 6.45) is 7.59. The molecule has 1 aliphatic heterocycles. The molecular weight excluding hydrogens is 284 g/mol. The van der Waals surface area contributed by atoms with E-state index >= 15 is 0 Å². The second-order valence-electron chi connectivity index (χ2n) is 5.99. The third kappa shape index (κ3) is 3.47. The number of hydrogen-bond acceptors (Lipinski definition) is 5. The zero-order valence-electron chi connectivity index (χ0n) is 13.1. The monoisotopic (exact) mass is 308 g/mol. The summed E-state index contributed by atoms with van der Waals surface area (Å²) in [4.78, 5) is 18.6. The Balaban J connectivity index is 1.60. The van der Waals surface area contributed by atoms with Crippen molar-refractivity contribution >= 4 is 5.91 Å². The van der Waals surface area contributed by atoms with Crippen LogP contribution >= 0.6 is 0 Å². The van der Waals surface area contributed by atoms with Gasteiger partial charge in [-0.2, -0.15) is 5.10 Å². The van der Waals surface area contributed by atoms with E-state index in [0.717, 1.165) is 18.7 Å². The van der Waals surface area contributed by atoms with Crippen LogP contribution in [0.1, 0.15) is 44.0 Å². The highest BCUT2D eigenvalue weighted by Crippen LogP contribution is 2.23. The Kier molecular flexibility index (Phi) is 5.04. The van der Waals surface area contributed by atoms with Gasteiger partial charge >= 0.3 is 0 Å². The minimum atomic E-state index is -0.177. The molecule has 1 atom stereocenters. The lowest BCUT2D eigenvalue weighted by molar-refractivity contribution is -0.148. The first-order chi connectivity index (χ1) is 10.8. The molecule has 0 radical (unpaired) electrons. The smallest absolute Gasteiger partial charge is 0.249 e. The average molecular weight is 308 g/mol. The van der Waals surface area contributed by atoms with Gasteiger partial charge < -0.3 is 14.4 Å². The summed E-state index contributed by atoms with van der Waals surface area (Å²) >= 11 is 0. The van der Waals surface area contributed by atoms with Crippen molar-refractivity contribution in [2.45, 2.75) is 44.2 Å². The maximum atomic E-state index is 12.5. The summed E-state index contributed by atoms with van der Waals surface area (Å²) in [5.41, 5.74) is 0. The van der Waals surface area contributed by atoms with Gasteiger partial charge in [0.05, 0.1) is 19.3 Å². The van der Waals surface area contributed by atoms with Gasteiger partial charge in [0.2, 0.25) is 5.91 Å². The molecule has 0 spiro atoms. The Labute approximate surface area is 130 Å². The number of rotatable bonds is 4. The van der Waals surface area contributed by atoms with Crippen molar-refractivity contribution in [1.82, 2.24) is 19.7 Å². The highest BCUT2D eigenvalue weighted by Gasteiger charge is 2.32. The lowest BCUT2D eigenvalue weighted by Gasteiger charge is -2.35. The van der Waals surface area contributed by atoms with E-state index in [2.05, 4.69) is 10.1 Å². The van der Waals surface area contributed by atoms with Gasteiger partial charge in [-0.3, -0.25) is 9.48 Å². The predicted octanol–water partition coefficient (Wildman–Crippen LogP) is 1.06. The van der Waals surface area contributed by atoms with E-state index in [4.69, 9.17) is 9.47 Å². The number of morpholine rings is 1. The van der Waals surface area contributed by atoms with Crippen molar-refractivity contribution in [3.63, 3.8) is 0 Å². The van der Waals surface area contributed by atoms with Gasteiger partial charge in [-0.15, -0.1) is 0 Å². The molecule has 1 amide bonds. The third-order valence-electron chi connectivity index (χ3n) is 4.49. The van der Waals surface area contributed by atoms with Crippen LogP contribution in [0, 0.1) is 0 Å². The standard InChI is InChI=1S/C15H24N4O3/c1-18-15(16-11-17-18)13-9-21-8-7-19(13)14(20)10-22-12-5-3-2-4-6-12/h11-13H,2-10H2,1H3. The van der Waals surface area contributed by atoms with Crippen LogP contribution < -0.4 is 0 Å². The van der Waals surface area contributed by atoms with Crippen LogP contribution in [0.4, 0.5) is 0 Å². The molecule has 2 fully saturated rings. The fraction of sp³-hybridized carbons (Fsp3) is 0.800. The maximum absolute atomic E-state index is 12.5. The lowest BCUT2D eigenvalue weighted by atomic mass is 9.98. The van der Waals surface area contributed by atoms with Crippen LogP contribution in [0.5, 0.6) is 0 Å². The molecule has 0 aromatic carbocycles. The SMILES string of the molecule is Cn1ncnc1C1COCCN1C(=O)COC1CCCCC1. The van der Waals surface area contributed by atoms with E-state index in [-0.39, 0.29) is 24.7 Å². The predicted molar refractivity (Wildman–Crippen MR) is 79.1 cm³/mol. The molecule has 1 aromatic rings. The van der Waals surface area contributed by atoms with Gasteiger partial charge in [-0.25, -0.2) is 4.98 Å². The van der Waals surface area contributed by atoms with Crippen molar-refractivity contribution in [3.05, 3.63) is 12.2 Å². The van der Waals surface area contributed by atoms with Crippen LogP contribution in [0.3, 0.4) is 0 Å². The van der Waals surface area contributed by atoms with Gasteiger partial charge in [0.25, 0.3) is 0 Å². The Morgan fingerprint density at radius 3 is 2.95 bits per heavy atom. The summed E-state index contributed by atoms with van der Waals surface area (Å²) in [7, 11) is 1.83. The van der Waals surface area contributed by atoms with Crippen molar-refractivity contribution < 1.29 is 14.3 Å². The van der Waals surface area contributed by atoms with Gasteiger partial charge in [0.15, 0.2) is 5.82 Å². The molecule has 1 saturated carbocycles. The van der Waals surface area contributed by atoms with Crippen molar-refractivity contribution in [2.75, 3.05) is 26.4 Å². The molecule has 22 heavy (non-hydrogen) atoms. The second kappa shape index (κ2) is 7.19. The van der Waals surface area contributed by atoms with E-state index in [0.29, 0.717) is 19.8 Å². The van der Waals surface area contributed by atoms with Crippen LogP contribution in [-0.2, 0) is 21.3 Å². The molecule has 0 N–H and O–H groups in total. The molecule has 2 aliphatic rings. The molecule has 1 unspecified atom stereocenters. The molecular formula is C15H24N4O3. The number of hydrogen-bond donors (Lipinski definition) is 0. The Morgan fingerprint density at radius 2 is 2.23 bits per heavy atom. The highest BCUT2D eigenvalue weighted by molar-refractivity contribution is 5.78. The van der Waals surface area contributed by atoms with Gasteiger partial charge in [-0.05, 0) is 12.8 Å². The van der Waals surface area contributed by atoms with Crippen LogP contribution in [0.2, 0.25) is 0 Å². The molecule has 122 valence electrons. The summed E-state index contributed by atoms with van der Waals surface area (Å²) in [5, 5.41) is 4.09. The largest absolute Gasteiger partial charge is 0.377 e. The minimum absolute atomic E-state index is 0.0156. The topological polar surface area (TPSA) is 69.5 Å². The van der Waals surface area contributed by atoms with Crippen LogP contribution in [-0.4, -0.2) is 58.0 Å². The van der Waals surface area contributed by atoms with E-state index in [1.165, 1.54) is 25.6 Å². The average Bonchev–Trinajstić information content (AvgIpc) is 2.99. The highest BCUT2D eigenvalue weighted by atomic mass is 16.5. The molecule has 1 aromatic heterocycles. The van der Waals surface area contributed by atoms with E-state index in [1.807, 2.05) is 11.9 Å². The molecule has 1 aliphatic carbocycles. The van der Waals surface area contributed by atoms with E-state index in [9.17, 15) is 4.79 Å². The van der Waals surface area contributed by atoms with E-state index < -0.39 is 0 Å². The molecule has 7 nitrogen and oxygen atoms in total. The zero-order valence-corrected chi connectivity index (χ0v) is 13.1. The first-order valence-electron chi connectivity index (χ1n) is 8.08. The number of aromatic nitrogens is 3. The summed E-state index contributed by atoms with van der Waals surface area (Å²) < 4.78 is 13.0. The fourth-order valence-electron chi connectivity index (χ4n) is 3.23. The third-order valence-corrected chi connectivity index (χ3v) is 4.49. The van der Waals surface area contributed by atoms with E-state index in [1.54, 1.807) is 4.68 Å². The first kappa shape index (κ1) is 15.4. The van der Waals surface area contributed by atoms with Gasteiger partial charge in [0, 0.05) is 13.6 Å². The summed E-state index contributed by atoms with van der Waals surface area (Å²) in [5.74, 6) is 0.771. The molecule has 3 rings (SSSR count). The minimum Gasteiger partial charge on any atom is -0.377 e. The number of carbonyl (C=O) groups excluding carboxylic acids is 1. The quantitative estimate of drug-likeness (QED) is 0.832. The lowest BCUT2D eigenvalue weighted by Crippen LogP contribution is -2.46. The molecule has 0 bridgehead atoms. The second-order valence-corrected chi connectivity index (χ2v) is 5.99. The maximum Gasteiger partial charge on any atom is 0.249 e. The zero-order chi connectivity index (χ0) is 15.4. The number of ether oxygens (including phenoxy) is 2. The van der Waals surface area contributed by atoms with Crippen molar-refractivity contribution in [2.24, 2.45) is 7.05 Å². The summed E-state index contributed by atoms with van der Waals surface area (Å²) in [6.45, 7) is 1.74.